The van der Waals surface area contributed by atoms with Crippen LogP contribution >= 0.6 is 0 Å². The van der Waals surface area contributed by atoms with E-state index in [1.165, 1.54) is 18.9 Å². The summed E-state index contributed by atoms with van der Waals surface area (Å²) in [7, 11) is 0. The van der Waals surface area contributed by atoms with Crippen LogP contribution in [-0.4, -0.2) is 23.7 Å². The Morgan fingerprint density at radius 1 is 1.26 bits per heavy atom. The molecule has 0 aromatic rings. The fraction of sp³-hybridized carbons (Fsp3) is 0.733. The molecule has 0 spiro atoms. The normalized spacial score (nSPS) is 22.2. The lowest BCUT2D eigenvalue weighted by Gasteiger charge is -2.26. The standard InChI is InChI=1S/C15H24O4/c1-2-3-4-5-9-12-19-14(18)15(13(16)17)10-7-6-8-11-15/h7,10H,2-6,8-9,11-12H2,1H3,(H,16,17). The lowest BCUT2D eigenvalue weighted by atomic mass is 9.79. The zero-order chi connectivity index (χ0) is 14.1. The van der Waals surface area contributed by atoms with Crippen molar-refractivity contribution < 1.29 is 19.4 Å². The molecule has 0 aromatic carbocycles. The zero-order valence-electron chi connectivity index (χ0n) is 11.7. The van der Waals surface area contributed by atoms with Crippen LogP contribution in [0.1, 0.15) is 58.3 Å². The number of ether oxygens (including phenoxy) is 1. The third kappa shape index (κ3) is 4.37. The lowest BCUT2D eigenvalue weighted by Crippen LogP contribution is -2.40. The highest BCUT2D eigenvalue weighted by molar-refractivity contribution is 6.01. The number of hydrogen-bond donors (Lipinski definition) is 1. The van der Waals surface area contributed by atoms with Gasteiger partial charge in [0.1, 0.15) is 0 Å². The van der Waals surface area contributed by atoms with Crippen LogP contribution in [0.25, 0.3) is 0 Å². The van der Waals surface area contributed by atoms with Gasteiger partial charge in [0, 0.05) is 0 Å². The van der Waals surface area contributed by atoms with Crippen LogP contribution in [0.3, 0.4) is 0 Å². The molecule has 0 heterocycles. The largest absolute Gasteiger partial charge is 0.480 e. The quantitative estimate of drug-likeness (QED) is 0.317. The molecule has 0 aromatic heterocycles. The SMILES string of the molecule is CCCCCCCOC(=O)C1(C(=O)O)C=CCCC1. The number of rotatable bonds is 8. The summed E-state index contributed by atoms with van der Waals surface area (Å²) in [5.74, 6) is -1.70. The molecule has 0 aliphatic heterocycles. The van der Waals surface area contributed by atoms with Crippen molar-refractivity contribution in [2.24, 2.45) is 5.41 Å². The van der Waals surface area contributed by atoms with Crippen molar-refractivity contribution >= 4 is 11.9 Å². The van der Waals surface area contributed by atoms with Gasteiger partial charge in [-0.3, -0.25) is 9.59 Å². The van der Waals surface area contributed by atoms with E-state index in [1.807, 2.05) is 0 Å². The molecule has 4 heteroatoms. The third-order valence-electron chi connectivity index (χ3n) is 3.57. The number of esters is 1. The minimum atomic E-state index is -1.44. The van der Waals surface area contributed by atoms with Gasteiger partial charge in [0.15, 0.2) is 5.41 Å². The van der Waals surface area contributed by atoms with E-state index in [9.17, 15) is 14.7 Å². The van der Waals surface area contributed by atoms with E-state index in [0.717, 1.165) is 25.7 Å². The van der Waals surface area contributed by atoms with E-state index in [4.69, 9.17) is 4.74 Å². The summed E-state index contributed by atoms with van der Waals surface area (Å²) in [6.07, 6.45) is 10.5. The summed E-state index contributed by atoms with van der Waals surface area (Å²) in [6, 6.07) is 0. The molecule has 108 valence electrons. The first-order chi connectivity index (χ1) is 9.13. The molecule has 1 N–H and O–H groups in total. The molecular weight excluding hydrogens is 244 g/mol. The van der Waals surface area contributed by atoms with Crippen LogP contribution in [0, 0.1) is 5.41 Å². The Morgan fingerprint density at radius 2 is 2.00 bits per heavy atom. The highest BCUT2D eigenvalue weighted by Crippen LogP contribution is 2.33. The third-order valence-corrected chi connectivity index (χ3v) is 3.57. The van der Waals surface area contributed by atoms with Crippen LogP contribution in [0.2, 0.25) is 0 Å². The molecule has 1 rings (SSSR count). The fourth-order valence-electron chi connectivity index (χ4n) is 2.30. The van der Waals surface area contributed by atoms with Crippen LogP contribution in [0.15, 0.2) is 12.2 Å². The molecule has 0 fully saturated rings. The minimum absolute atomic E-state index is 0.325. The Labute approximate surface area is 114 Å². The first-order valence-corrected chi connectivity index (χ1v) is 7.22. The molecule has 0 radical (unpaired) electrons. The summed E-state index contributed by atoms with van der Waals surface area (Å²) in [5.41, 5.74) is -1.44. The number of unbranched alkanes of at least 4 members (excludes halogenated alkanes) is 4. The van der Waals surface area contributed by atoms with Crippen molar-refractivity contribution in [3.63, 3.8) is 0 Å². The molecule has 4 nitrogen and oxygen atoms in total. The Morgan fingerprint density at radius 3 is 2.58 bits per heavy atom. The smallest absolute Gasteiger partial charge is 0.327 e. The van der Waals surface area contributed by atoms with Crippen LogP contribution in [-0.2, 0) is 14.3 Å². The molecule has 1 atom stereocenters. The van der Waals surface area contributed by atoms with Gasteiger partial charge in [0.05, 0.1) is 6.61 Å². The van der Waals surface area contributed by atoms with Gasteiger partial charge >= 0.3 is 11.9 Å². The number of allylic oxidation sites excluding steroid dienone is 1. The van der Waals surface area contributed by atoms with Gasteiger partial charge in [-0.15, -0.1) is 0 Å². The minimum Gasteiger partial charge on any atom is -0.480 e. The zero-order valence-corrected chi connectivity index (χ0v) is 11.7. The average molecular weight is 268 g/mol. The number of aliphatic carboxylic acids is 1. The number of carboxylic acid groups (broad SMARTS) is 1. The molecule has 0 saturated carbocycles. The molecule has 0 saturated heterocycles. The van der Waals surface area contributed by atoms with Crippen LogP contribution in [0.5, 0.6) is 0 Å². The van der Waals surface area contributed by atoms with E-state index in [2.05, 4.69) is 6.92 Å². The fourth-order valence-corrected chi connectivity index (χ4v) is 2.30. The van der Waals surface area contributed by atoms with Crippen LogP contribution in [0.4, 0.5) is 0 Å². The second kappa shape index (κ2) is 7.97. The van der Waals surface area contributed by atoms with Gasteiger partial charge in [0.25, 0.3) is 0 Å². The average Bonchev–Trinajstić information content (AvgIpc) is 2.43. The summed E-state index contributed by atoms with van der Waals surface area (Å²) in [4.78, 5) is 23.3. The summed E-state index contributed by atoms with van der Waals surface area (Å²) < 4.78 is 5.16. The topological polar surface area (TPSA) is 63.6 Å². The predicted molar refractivity (Wildman–Crippen MR) is 72.8 cm³/mol. The molecular formula is C15H24O4. The lowest BCUT2D eigenvalue weighted by molar-refractivity contribution is -0.165. The second-order valence-corrected chi connectivity index (χ2v) is 5.12. The molecule has 0 bridgehead atoms. The van der Waals surface area contributed by atoms with Crippen molar-refractivity contribution in [1.29, 1.82) is 0 Å². The van der Waals surface area contributed by atoms with Crippen molar-refractivity contribution in [3.05, 3.63) is 12.2 Å². The van der Waals surface area contributed by atoms with Gasteiger partial charge in [-0.2, -0.15) is 0 Å². The monoisotopic (exact) mass is 268 g/mol. The second-order valence-electron chi connectivity index (χ2n) is 5.12. The summed E-state index contributed by atoms with van der Waals surface area (Å²) in [5, 5.41) is 9.28. The summed E-state index contributed by atoms with van der Waals surface area (Å²) in [6.45, 7) is 2.47. The Kier molecular flexibility index (Phi) is 6.60. The maximum atomic E-state index is 12.0. The number of carbonyl (C=O) groups excluding carboxylic acids is 1. The van der Waals surface area contributed by atoms with E-state index in [1.54, 1.807) is 6.08 Å². The number of carbonyl (C=O) groups is 2. The van der Waals surface area contributed by atoms with E-state index < -0.39 is 17.4 Å². The van der Waals surface area contributed by atoms with Crippen molar-refractivity contribution in [2.75, 3.05) is 6.61 Å². The Balaban J connectivity index is 2.39. The first kappa shape index (κ1) is 15.7. The van der Waals surface area contributed by atoms with Gasteiger partial charge < -0.3 is 9.84 Å². The molecule has 1 aliphatic rings. The van der Waals surface area contributed by atoms with E-state index >= 15 is 0 Å². The van der Waals surface area contributed by atoms with Crippen LogP contribution < -0.4 is 0 Å². The Hall–Kier alpha value is -1.32. The van der Waals surface area contributed by atoms with Crippen molar-refractivity contribution in [1.82, 2.24) is 0 Å². The number of hydrogen-bond acceptors (Lipinski definition) is 3. The maximum Gasteiger partial charge on any atom is 0.327 e. The van der Waals surface area contributed by atoms with Gasteiger partial charge in [-0.05, 0) is 25.7 Å². The van der Waals surface area contributed by atoms with E-state index in [0.29, 0.717) is 19.4 Å². The van der Waals surface area contributed by atoms with Gasteiger partial charge in [0.2, 0.25) is 0 Å². The van der Waals surface area contributed by atoms with Gasteiger partial charge in [-0.1, -0.05) is 44.8 Å². The highest BCUT2D eigenvalue weighted by atomic mass is 16.5. The molecule has 1 aliphatic carbocycles. The van der Waals surface area contributed by atoms with Crippen molar-refractivity contribution in [3.8, 4) is 0 Å². The molecule has 0 amide bonds. The number of carboxylic acids is 1. The van der Waals surface area contributed by atoms with Crippen molar-refractivity contribution in [2.45, 2.75) is 58.3 Å². The van der Waals surface area contributed by atoms with Gasteiger partial charge in [-0.25, -0.2) is 0 Å². The molecule has 1 unspecified atom stereocenters. The predicted octanol–water partition coefficient (Wildman–Crippen LogP) is 3.31. The Bertz CT molecular complexity index is 335. The first-order valence-electron chi connectivity index (χ1n) is 7.22. The maximum absolute atomic E-state index is 12.0. The van der Waals surface area contributed by atoms with E-state index in [-0.39, 0.29) is 0 Å². The molecule has 19 heavy (non-hydrogen) atoms. The highest BCUT2D eigenvalue weighted by Gasteiger charge is 2.45. The summed E-state index contributed by atoms with van der Waals surface area (Å²) >= 11 is 0.